The lowest BCUT2D eigenvalue weighted by atomic mass is 10.2. The highest BCUT2D eigenvalue weighted by molar-refractivity contribution is 5.80. The molecule has 0 saturated carbocycles. The molecular formula is C22H32N6. The first-order valence-electron chi connectivity index (χ1n) is 10.2. The molecule has 1 N–H and O–H groups in total. The Hall–Kier alpha value is -2.60. The van der Waals surface area contributed by atoms with Gasteiger partial charge in [0, 0.05) is 59.1 Å². The van der Waals surface area contributed by atoms with Crippen LogP contribution in [-0.2, 0) is 13.5 Å². The predicted molar refractivity (Wildman–Crippen MR) is 116 cm³/mol. The minimum Gasteiger partial charge on any atom is -0.357 e. The van der Waals surface area contributed by atoms with Gasteiger partial charge in [0.2, 0.25) is 0 Å². The minimum absolute atomic E-state index is 0.786. The highest BCUT2D eigenvalue weighted by atomic mass is 15.3. The van der Waals surface area contributed by atoms with E-state index in [9.17, 15) is 0 Å². The lowest BCUT2D eigenvalue weighted by molar-refractivity contribution is 0.194. The Morgan fingerprint density at radius 2 is 1.96 bits per heavy atom. The van der Waals surface area contributed by atoms with Crippen LogP contribution in [0.3, 0.4) is 0 Å². The quantitative estimate of drug-likeness (QED) is 0.591. The number of hydrogen-bond acceptors (Lipinski definition) is 3. The molecule has 1 saturated heterocycles. The summed E-state index contributed by atoms with van der Waals surface area (Å²) in [5.74, 6) is 1.03. The van der Waals surface area contributed by atoms with Crippen LogP contribution in [0.2, 0.25) is 0 Å². The molecule has 1 fully saturated rings. The van der Waals surface area contributed by atoms with Crippen LogP contribution >= 0.6 is 0 Å². The third-order valence-corrected chi connectivity index (χ3v) is 4.90. The molecule has 1 aromatic heterocycles. The van der Waals surface area contributed by atoms with Crippen LogP contribution in [-0.4, -0.2) is 71.4 Å². The van der Waals surface area contributed by atoms with Gasteiger partial charge in [-0.15, -0.1) is 0 Å². The number of piperazine rings is 1. The van der Waals surface area contributed by atoms with E-state index in [2.05, 4.69) is 75.8 Å². The van der Waals surface area contributed by atoms with Crippen molar-refractivity contribution < 1.29 is 0 Å². The molecule has 1 aromatic carbocycles. The monoisotopic (exact) mass is 380 g/mol. The van der Waals surface area contributed by atoms with E-state index in [1.54, 1.807) is 0 Å². The Morgan fingerprint density at radius 3 is 2.64 bits per heavy atom. The second kappa shape index (κ2) is 10.7. The first-order valence-corrected chi connectivity index (χ1v) is 10.2. The lowest BCUT2D eigenvalue weighted by Crippen LogP contribution is -2.52. The number of hydrogen-bond donors (Lipinski definition) is 1. The number of aliphatic imine (C=N–C) groups is 1. The Labute approximate surface area is 168 Å². The van der Waals surface area contributed by atoms with Gasteiger partial charge in [0.15, 0.2) is 5.96 Å². The second-order valence-electron chi connectivity index (χ2n) is 7.11. The zero-order valence-corrected chi connectivity index (χ0v) is 17.1. The first-order chi connectivity index (χ1) is 13.7. The summed E-state index contributed by atoms with van der Waals surface area (Å²) in [7, 11) is 1.95. The van der Waals surface area contributed by atoms with Crippen molar-refractivity contribution >= 4 is 12.0 Å². The summed E-state index contributed by atoms with van der Waals surface area (Å²) in [6.45, 7) is 8.95. The number of aromatic nitrogens is 2. The van der Waals surface area contributed by atoms with E-state index in [1.807, 2.05) is 17.9 Å². The van der Waals surface area contributed by atoms with Gasteiger partial charge in [-0.2, -0.15) is 5.10 Å². The SMILES string of the molecule is CCNC(=NCCc1cnn(C)c1)N1CCN(C/C=C/c2ccccc2)CC1. The van der Waals surface area contributed by atoms with Crippen molar-refractivity contribution in [3.05, 3.63) is 59.9 Å². The maximum atomic E-state index is 4.83. The van der Waals surface area contributed by atoms with Gasteiger partial charge in [0.25, 0.3) is 0 Å². The molecule has 3 rings (SSSR count). The summed E-state index contributed by atoms with van der Waals surface area (Å²) in [5.41, 5.74) is 2.49. The molecule has 6 heteroatoms. The first kappa shape index (κ1) is 20.1. The van der Waals surface area contributed by atoms with Gasteiger partial charge in [-0.1, -0.05) is 42.5 Å². The Morgan fingerprint density at radius 1 is 1.18 bits per heavy atom. The van der Waals surface area contributed by atoms with Crippen molar-refractivity contribution in [1.82, 2.24) is 24.9 Å². The fourth-order valence-corrected chi connectivity index (χ4v) is 3.36. The van der Waals surface area contributed by atoms with Crippen LogP contribution in [0.4, 0.5) is 0 Å². The van der Waals surface area contributed by atoms with Crippen molar-refractivity contribution in [3.63, 3.8) is 0 Å². The van der Waals surface area contributed by atoms with E-state index in [0.717, 1.165) is 58.2 Å². The van der Waals surface area contributed by atoms with Crippen molar-refractivity contribution in [2.24, 2.45) is 12.0 Å². The van der Waals surface area contributed by atoms with E-state index >= 15 is 0 Å². The zero-order chi connectivity index (χ0) is 19.6. The third kappa shape index (κ3) is 6.23. The van der Waals surface area contributed by atoms with Crippen molar-refractivity contribution in [1.29, 1.82) is 0 Å². The molecule has 0 radical (unpaired) electrons. The molecule has 150 valence electrons. The second-order valence-corrected chi connectivity index (χ2v) is 7.11. The standard InChI is InChI=1S/C22H32N6/c1-3-23-22(24-12-11-21-18-25-26(2)19-21)28-16-14-27(15-17-28)13-7-10-20-8-5-4-6-9-20/h4-10,18-19H,3,11-17H2,1-2H3,(H,23,24)/b10-7+. The van der Waals surface area contributed by atoms with Gasteiger partial charge < -0.3 is 10.2 Å². The van der Waals surface area contributed by atoms with Crippen LogP contribution in [0.5, 0.6) is 0 Å². The van der Waals surface area contributed by atoms with Crippen molar-refractivity contribution in [2.45, 2.75) is 13.3 Å². The third-order valence-electron chi connectivity index (χ3n) is 4.90. The van der Waals surface area contributed by atoms with Crippen LogP contribution in [0, 0.1) is 0 Å². The average Bonchev–Trinajstić information content (AvgIpc) is 3.14. The Kier molecular flexibility index (Phi) is 7.67. The summed E-state index contributed by atoms with van der Waals surface area (Å²) >= 11 is 0. The molecule has 1 aliphatic heterocycles. The van der Waals surface area contributed by atoms with E-state index < -0.39 is 0 Å². The fourth-order valence-electron chi connectivity index (χ4n) is 3.36. The smallest absolute Gasteiger partial charge is 0.194 e. The predicted octanol–water partition coefficient (Wildman–Crippen LogP) is 2.26. The number of nitrogens with zero attached hydrogens (tertiary/aromatic N) is 5. The van der Waals surface area contributed by atoms with Gasteiger partial charge >= 0.3 is 0 Å². The largest absolute Gasteiger partial charge is 0.357 e. The Balaban J connectivity index is 1.45. The van der Waals surface area contributed by atoms with E-state index in [4.69, 9.17) is 4.99 Å². The van der Waals surface area contributed by atoms with E-state index in [1.165, 1.54) is 11.1 Å². The zero-order valence-electron chi connectivity index (χ0n) is 17.1. The molecule has 1 aliphatic rings. The van der Waals surface area contributed by atoms with Crippen molar-refractivity contribution in [3.8, 4) is 0 Å². The summed E-state index contributed by atoms with van der Waals surface area (Å²) in [6, 6.07) is 10.5. The van der Waals surface area contributed by atoms with Gasteiger partial charge in [-0.3, -0.25) is 14.6 Å². The van der Waals surface area contributed by atoms with Crippen LogP contribution in [0.15, 0.2) is 53.8 Å². The number of nitrogens with one attached hydrogen (secondary N) is 1. The number of guanidine groups is 1. The van der Waals surface area contributed by atoms with Crippen LogP contribution < -0.4 is 5.32 Å². The van der Waals surface area contributed by atoms with Gasteiger partial charge in [0.1, 0.15) is 0 Å². The molecule has 2 aromatic rings. The van der Waals surface area contributed by atoms with Crippen LogP contribution in [0.25, 0.3) is 6.08 Å². The fraction of sp³-hybridized carbons (Fsp3) is 0.455. The molecule has 28 heavy (non-hydrogen) atoms. The van der Waals surface area contributed by atoms with E-state index in [-0.39, 0.29) is 0 Å². The highest BCUT2D eigenvalue weighted by Gasteiger charge is 2.18. The Bertz CT molecular complexity index is 756. The maximum Gasteiger partial charge on any atom is 0.194 e. The number of rotatable bonds is 7. The molecule has 0 amide bonds. The normalized spacial score (nSPS) is 16.1. The topological polar surface area (TPSA) is 48.7 Å². The molecule has 2 heterocycles. The molecule has 0 bridgehead atoms. The minimum atomic E-state index is 0.786. The lowest BCUT2D eigenvalue weighted by Gasteiger charge is -2.36. The van der Waals surface area contributed by atoms with E-state index in [0.29, 0.717) is 0 Å². The number of benzene rings is 1. The summed E-state index contributed by atoms with van der Waals surface area (Å²) in [5, 5.41) is 7.67. The van der Waals surface area contributed by atoms with Gasteiger partial charge in [-0.25, -0.2) is 0 Å². The molecular weight excluding hydrogens is 348 g/mol. The summed E-state index contributed by atoms with van der Waals surface area (Å²) < 4.78 is 1.84. The molecule has 0 atom stereocenters. The van der Waals surface area contributed by atoms with Gasteiger partial charge in [0.05, 0.1) is 6.20 Å². The number of aryl methyl sites for hydroxylation is 1. The highest BCUT2D eigenvalue weighted by Crippen LogP contribution is 2.06. The average molecular weight is 381 g/mol. The van der Waals surface area contributed by atoms with Gasteiger partial charge in [-0.05, 0) is 24.5 Å². The summed E-state index contributed by atoms with van der Waals surface area (Å²) in [4.78, 5) is 9.70. The summed E-state index contributed by atoms with van der Waals surface area (Å²) in [6.07, 6.45) is 9.37. The molecule has 0 spiro atoms. The molecule has 0 unspecified atom stereocenters. The van der Waals surface area contributed by atoms with Crippen molar-refractivity contribution in [2.75, 3.05) is 45.8 Å². The molecule has 0 aliphatic carbocycles. The molecule has 6 nitrogen and oxygen atoms in total. The van der Waals surface area contributed by atoms with Crippen LogP contribution in [0.1, 0.15) is 18.1 Å². The maximum absolute atomic E-state index is 4.83.